The fourth-order valence-electron chi connectivity index (χ4n) is 2.79. The zero-order valence-electron chi connectivity index (χ0n) is 12.4. The van der Waals surface area contributed by atoms with Crippen LogP contribution in [-0.4, -0.2) is 12.1 Å². The predicted molar refractivity (Wildman–Crippen MR) is 73.9 cm³/mol. The van der Waals surface area contributed by atoms with Gasteiger partial charge in [-0.1, -0.05) is 13.8 Å². The molecular weight excluding hydrogens is 224 g/mol. The molecule has 2 unspecified atom stereocenters. The first-order chi connectivity index (χ1) is 8.15. The van der Waals surface area contributed by atoms with E-state index >= 15 is 0 Å². The van der Waals surface area contributed by atoms with E-state index in [9.17, 15) is 4.79 Å². The van der Waals surface area contributed by atoms with Gasteiger partial charge in [0.15, 0.2) is 0 Å². The van der Waals surface area contributed by atoms with Crippen LogP contribution in [0.4, 0.5) is 0 Å². The molecule has 0 bridgehead atoms. The van der Waals surface area contributed by atoms with Crippen molar-refractivity contribution in [3.05, 3.63) is 0 Å². The maximum Gasteiger partial charge on any atom is 0.302 e. The monoisotopic (exact) mass is 250 g/mol. The third-order valence-electron chi connectivity index (χ3n) is 3.68. The molecule has 0 aromatic heterocycles. The van der Waals surface area contributed by atoms with E-state index in [0.717, 1.165) is 25.7 Å². The summed E-state index contributed by atoms with van der Waals surface area (Å²) >= 11 is 0. The molecule has 0 heterocycles. The van der Waals surface area contributed by atoms with Crippen molar-refractivity contribution in [2.75, 3.05) is 0 Å². The van der Waals surface area contributed by atoms with Crippen molar-refractivity contribution in [2.45, 2.75) is 66.4 Å². The Kier molecular flexibility index (Phi) is 4.48. The summed E-state index contributed by atoms with van der Waals surface area (Å²) in [6.45, 7) is 10.3. The number of carbonyl (C=O) groups excluding carboxylic acids is 1. The van der Waals surface area contributed by atoms with Gasteiger partial charge in [0.25, 0.3) is 0 Å². The highest BCUT2D eigenvalue weighted by molar-refractivity contribution is 5.66. The minimum Gasteiger partial charge on any atom is -0.462 e. The van der Waals surface area contributed by atoms with Crippen LogP contribution in [0.3, 0.4) is 0 Å². The highest BCUT2D eigenvalue weighted by Gasteiger charge is 2.41. The molecule has 18 heavy (non-hydrogen) atoms. The van der Waals surface area contributed by atoms with Gasteiger partial charge in [-0.05, 0) is 50.9 Å². The predicted octanol–water partition coefficient (Wildman–Crippen LogP) is 3.79. The summed E-state index contributed by atoms with van der Waals surface area (Å²) in [6.07, 6.45) is 10.1. The lowest BCUT2D eigenvalue weighted by molar-refractivity contribution is -0.142. The Morgan fingerprint density at radius 2 is 2.00 bits per heavy atom. The lowest BCUT2D eigenvalue weighted by Gasteiger charge is -2.31. The highest BCUT2D eigenvalue weighted by Crippen LogP contribution is 2.43. The second-order valence-corrected chi connectivity index (χ2v) is 7.05. The molecule has 2 nitrogen and oxygen atoms in total. The summed E-state index contributed by atoms with van der Waals surface area (Å²) in [4.78, 5) is 10.8. The van der Waals surface area contributed by atoms with E-state index in [-0.39, 0.29) is 22.9 Å². The maximum atomic E-state index is 10.8. The average Bonchev–Trinajstić information content (AvgIpc) is 2.91. The molecule has 0 aromatic rings. The smallest absolute Gasteiger partial charge is 0.302 e. The molecule has 1 rings (SSSR count). The number of esters is 1. The van der Waals surface area contributed by atoms with Crippen LogP contribution in [0.1, 0.15) is 60.3 Å². The summed E-state index contributed by atoms with van der Waals surface area (Å²) in [5.41, 5.74) is 0.210. The summed E-state index contributed by atoms with van der Waals surface area (Å²) < 4.78 is 5.19. The van der Waals surface area contributed by atoms with Crippen molar-refractivity contribution in [2.24, 2.45) is 16.7 Å². The molecule has 0 amide bonds. The number of carbonyl (C=O) groups is 1. The van der Waals surface area contributed by atoms with Gasteiger partial charge in [-0.2, -0.15) is 0 Å². The Bertz CT molecular complexity index is 347. The van der Waals surface area contributed by atoms with Gasteiger partial charge in [-0.25, -0.2) is 0 Å². The van der Waals surface area contributed by atoms with Gasteiger partial charge in [0.05, 0.1) is 0 Å². The quantitative estimate of drug-likeness (QED) is 0.529. The molecule has 0 saturated heterocycles. The van der Waals surface area contributed by atoms with Gasteiger partial charge in [-0.15, -0.1) is 12.3 Å². The van der Waals surface area contributed by atoms with Crippen molar-refractivity contribution >= 4 is 5.97 Å². The molecule has 102 valence electrons. The zero-order chi connectivity index (χ0) is 14.0. The van der Waals surface area contributed by atoms with Crippen LogP contribution in [0, 0.1) is 29.1 Å². The molecule has 0 aliphatic heterocycles. The van der Waals surface area contributed by atoms with E-state index < -0.39 is 0 Å². The third-order valence-corrected chi connectivity index (χ3v) is 3.68. The van der Waals surface area contributed by atoms with Gasteiger partial charge in [0.2, 0.25) is 0 Å². The molecule has 2 atom stereocenters. The van der Waals surface area contributed by atoms with E-state index in [2.05, 4.69) is 33.6 Å². The first kappa shape index (κ1) is 15.1. The average molecular weight is 250 g/mol. The minimum absolute atomic E-state index is 0.0393. The van der Waals surface area contributed by atoms with E-state index in [4.69, 9.17) is 11.2 Å². The normalized spacial score (nSPS) is 23.3. The van der Waals surface area contributed by atoms with Gasteiger partial charge in [0, 0.05) is 12.3 Å². The van der Waals surface area contributed by atoms with Crippen LogP contribution in [0.15, 0.2) is 0 Å². The summed E-state index contributed by atoms with van der Waals surface area (Å²) in [6, 6.07) is 0. The Labute approximate surface area is 111 Å². The molecule has 0 N–H and O–H groups in total. The third kappa shape index (κ3) is 5.12. The number of hydrogen-bond acceptors (Lipinski definition) is 2. The second kappa shape index (κ2) is 5.34. The number of ether oxygens (including phenoxy) is 1. The van der Waals surface area contributed by atoms with Crippen LogP contribution in [0.25, 0.3) is 0 Å². The first-order valence-corrected chi connectivity index (χ1v) is 6.80. The number of rotatable bonds is 6. The van der Waals surface area contributed by atoms with Crippen LogP contribution in [0.5, 0.6) is 0 Å². The zero-order valence-corrected chi connectivity index (χ0v) is 12.4. The maximum absolute atomic E-state index is 10.8. The Balaban J connectivity index is 2.31. The molecule has 1 aliphatic rings. The van der Waals surface area contributed by atoms with Crippen LogP contribution >= 0.6 is 0 Å². The Morgan fingerprint density at radius 1 is 1.39 bits per heavy atom. The van der Waals surface area contributed by atoms with Gasteiger partial charge >= 0.3 is 5.97 Å². The minimum atomic E-state index is -0.157. The molecule has 0 spiro atoms. The van der Waals surface area contributed by atoms with Crippen molar-refractivity contribution in [1.82, 2.24) is 0 Å². The van der Waals surface area contributed by atoms with Gasteiger partial charge < -0.3 is 4.74 Å². The van der Waals surface area contributed by atoms with E-state index in [1.165, 1.54) is 6.92 Å². The number of hydrogen-bond donors (Lipinski definition) is 0. The van der Waals surface area contributed by atoms with Gasteiger partial charge in [0.1, 0.15) is 6.10 Å². The molecule has 1 fully saturated rings. The molecule has 0 radical (unpaired) electrons. The van der Waals surface area contributed by atoms with Crippen molar-refractivity contribution in [1.29, 1.82) is 0 Å². The summed E-state index contributed by atoms with van der Waals surface area (Å²) in [5.74, 6) is 3.28. The molecule has 1 aliphatic carbocycles. The SMILES string of the molecule is C#CC(C)(C)CC(C)(C)CCC1CC1OC(C)=O. The molecule has 1 saturated carbocycles. The molecule has 0 aromatic carbocycles. The largest absolute Gasteiger partial charge is 0.462 e. The summed E-state index contributed by atoms with van der Waals surface area (Å²) in [5, 5.41) is 0. The van der Waals surface area contributed by atoms with Crippen LogP contribution < -0.4 is 0 Å². The van der Waals surface area contributed by atoms with E-state index in [0.29, 0.717) is 5.92 Å². The van der Waals surface area contributed by atoms with Crippen molar-refractivity contribution in [3.8, 4) is 12.3 Å². The highest BCUT2D eigenvalue weighted by atomic mass is 16.5. The second-order valence-electron chi connectivity index (χ2n) is 7.05. The summed E-state index contributed by atoms with van der Waals surface area (Å²) in [7, 11) is 0. The van der Waals surface area contributed by atoms with Crippen molar-refractivity contribution in [3.63, 3.8) is 0 Å². The Morgan fingerprint density at radius 3 is 2.50 bits per heavy atom. The topological polar surface area (TPSA) is 26.3 Å². The standard InChI is InChI=1S/C16H26O2/c1-7-15(3,4)11-16(5,6)9-8-13-10-14(13)18-12(2)17/h1,13-14H,8-11H2,2-6H3. The fraction of sp³-hybridized carbons (Fsp3) is 0.812. The fourth-order valence-corrected chi connectivity index (χ4v) is 2.79. The van der Waals surface area contributed by atoms with E-state index in [1.807, 2.05) is 0 Å². The van der Waals surface area contributed by atoms with Crippen LogP contribution in [-0.2, 0) is 9.53 Å². The first-order valence-electron chi connectivity index (χ1n) is 6.80. The van der Waals surface area contributed by atoms with E-state index in [1.54, 1.807) is 0 Å². The Hall–Kier alpha value is -0.970. The van der Waals surface area contributed by atoms with Crippen LogP contribution in [0.2, 0.25) is 0 Å². The lowest BCUT2D eigenvalue weighted by Crippen LogP contribution is -2.22. The molecule has 2 heteroatoms. The number of terminal acetylenes is 1. The van der Waals surface area contributed by atoms with Crippen molar-refractivity contribution < 1.29 is 9.53 Å². The molecular formula is C16H26O2. The lowest BCUT2D eigenvalue weighted by atomic mass is 9.73. The van der Waals surface area contributed by atoms with Gasteiger partial charge in [-0.3, -0.25) is 4.79 Å².